The number of aromatic nitrogens is 3. The number of aryl methyl sites for hydroxylation is 1. The predicted octanol–water partition coefficient (Wildman–Crippen LogP) is 5.17. The number of hydrogen-bond acceptors (Lipinski definition) is 5. The Balaban J connectivity index is 1.48. The summed E-state index contributed by atoms with van der Waals surface area (Å²) in [6.07, 6.45) is 1.64. The lowest BCUT2D eigenvalue weighted by Crippen LogP contribution is -2.45. The highest BCUT2D eigenvalue weighted by molar-refractivity contribution is 5.96. The van der Waals surface area contributed by atoms with Gasteiger partial charge in [0.2, 0.25) is 0 Å². The Morgan fingerprint density at radius 2 is 2.00 bits per heavy atom. The van der Waals surface area contributed by atoms with Gasteiger partial charge in [-0.05, 0) is 49.6 Å². The van der Waals surface area contributed by atoms with E-state index in [0.29, 0.717) is 35.2 Å². The molecule has 1 aliphatic carbocycles. The van der Waals surface area contributed by atoms with E-state index in [4.69, 9.17) is 0 Å². The minimum absolute atomic E-state index is 0.00249. The molecule has 1 saturated heterocycles. The molecule has 2 fully saturated rings. The Kier molecular flexibility index (Phi) is 6.67. The molecule has 0 bridgehead atoms. The molecule has 1 amide bonds. The van der Waals surface area contributed by atoms with Gasteiger partial charge < -0.3 is 15.2 Å². The third kappa shape index (κ3) is 4.52. The number of H-pyrrole nitrogens is 1. The Labute approximate surface area is 217 Å². The van der Waals surface area contributed by atoms with Gasteiger partial charge in [-0.25, -0.2) is 13.2 Å². The molecule has 200 valence electrons. The number of halogens is 3. The molecule has 2 atom stereocenters. The maximum absolute atomic E-state index is 15.4. The van der Waals surface area contributed by atoms with Crippen molar-refractivity contribution >= 4 is 28.3 Å². The van der Waals surface area contributed by atoms with Crippen LogP contribution in [-0.4, -0.2) is 50.8 Å². The van der Waals surface area contributed by atoms with Crippen molar-refractivity contribution in [3.05, 3.63) is 51.9 Å². The molecule has 2 aliphatic rings. The van der Waals surface area contributed by atoms with Crippen LogP contribution in [0.2, 0.25) is 0 Å². The van der Waals surface area contributed by atoms with E-state index < -0.39 is 23.2 Å². The Morgan fingerprint density at radius 1 is 1.24 bits per heavy atom. The molecule has 11 heteroatoms. The first-order valence-corrected chi connectivity index (χ1v) is 12.8. The third-order valence-electron chi connectivity index (χ3n) is 7.81. The third-order valence-corrected chi connectivity index (χ3v) is 7.81. The Hall–Kier alpha value is -3.81. The van der Waals surface area contributed by atoms with E-state index >= 15 is 4.39 Å². The number of benzene rings is 1. The molecular weight excluding hydrogens is 497 g/mol. The van der Waals surface area contributed by atoms with Crippen LogP contribution in [-0.2, 0) is 5.54 Å². The zero-order valence-corrected chi connectivity index (χ0v) is 21.1. The summed E-state index contributed by atoms with van der Waals surface area (Å²) in [6, 6.07) is 8.77. The Bertz CT molecular complexity index is 1470. The minimum atomic E-state index is -2.74. The van der Waals surface area contributed by atoms with Gasteiger partial charge in [-0.15, -0.1) is 0 Å². The van der Waals surface area contributed by atoms with E-state index in [0.717, 1.165) is 12.8 Å². The van der Waals surface area contributed by atoms with Crippen LogP contribution in [0.25, 0.3) is 10.9 Å². The second-order valence-corrected chi connectivity index (χ2v) is 10.3. The van der Waals surface area contributed by atoms with Crippen LogP contribution < -0.4 is 10.9 Å². The number of fused-ring (bicyclic) bond motifs is 1. The van der Waals surface area contributed by atoms with Crippen LogP contribution >= 0.6 is 0 Å². The number of aromatic amines is 1. The van der Waals surface area contributed by atoms with Crippen molar-refractivity contribution in [1.29, 1.82) is 5.26 Å². The average Bonchev–Trinajstić information content (AvgIpc) is 3.25. The normalized spacial score (nSPS) is 23.2. The van der Waals surface area contributed by atoms with Gasteiger partial charge in [-0.1, -0.05) is 12.8 Å². The van der Waals surface area contributed by atoms with Gasteiger partial charge in [-0.2, -0.15) is 10.4 Å². The van der Waals surface area contributed by atoms with Crippen LogP contribution in [0.15, 0.2) is 35.3 Å². The standard InChI is InChI=1S/C27H29F3N6O2/c1-17-16-18(5-6-19(17)25(38)35-14-10-27(29,30)11-15-35)33-23-22-20(7-13-32-24(22)37)36(34-23)26(9-12-31)8-3-2-4-21(26)28/h5-7,13,16,21H,2-4,8-11,14-15H2,1H3,(H,32,37)(H,33,34). The number of carbonyl (C=O) groups excluding carboxylic acids is 1. The summed E-state index contributed by atoms with van der Waals surface area (Å²) < 4.78 is 43.9. The first-order chi connectivity index (χ1) is 18.1. The molecule has 1 aliphatic heterocycles. The van der Waals surface area contributed by atoms with E-state index in [1.165, 1.54) is 15.8 Å². The van der Waals surface area contributed by atoms with E-state index in [2.05, 4.69) is 21.5 Å². The second kappa shape index (κ2) is 9.82. The van der Waals surface area contributed by atoms with Gasteiger partial charge in [0.05, 0.1) is 18.0 Å². The van der Waals surface area contributed by atoms with Gasteiger partial charge in [-0.3, -0.25) is 14.3 Å². The Morgan fingerprint density at radius 3 is 2.68 bits per heavy atom. The summed E-state index contributed by atoms with van der Waals surface area (Å²) in [6.45, 7) is 1.74. The van der Waals surface area contributed by atoms with Gasteiger partial charge in [0.25, 0.3) is 17.4 Å². The number of likely N-dealkylation sites (tertiary alicyclic amines) is 1. The molecule has 2 N–H and O–H groups in total. The molecule has 5 rings (SSSR count). The second-order valence-electron chi connectivity index (χ2n) is 10.3. The van der Waals surface area contributed by atoms with Crippen LogP contribution in [0.4, 0.5) is 24.7 Å². The molecule has 2 unspecified atom stereocenters. The minimum Gasteiger partial charge on any atom is -0.338 e. The summed E-state index contributed by atoms with van der Waals surface area (Å²) in [5, 5.41) is 17.6. The van der Waals surface area contributed by atoms with Crippen molar-refractivity contribution in [1.82, 2.24) is 19.7 Å². The first kappa shape index (κ1) is 25.8. The molecule has 3 heterocycles. The van der Waals surface area contributed by atoms with Crippen molar-refractivity contribution in [2.75, 3.05) is 18.4 Å². The summed E-state index contributed by atoms with van der Waals surface area (Å²) in [7, 11) is 0. The van der Waals surface area contributed by atoms with Gasteiger partial charge in [0.15, 0.2) is 5.82 Å². The molecule has 1 saturated carbocycles. The molecule has 1 aromatic carbocycles. The number of piperidine rings is 1. The maximum atomic E-state index is 15.4. The fourth-order valence-corrected chi connectivity index (χ4v) is 5.66. The van der Waals surface area contributed by atoms with E-state index in [1.807, 2.05) is 0 Å². The summed E-state index contributed by atoms with van der Waals surface area (Å²) in [5.41, 5.74) is 0.447. The molecule has 0 radical (unpaired) electrons. The van der Waals surface area contributed by atoms with Gasteiger partial charge in [0.1, 0.15) is 17.1 Å². The number of hydrogen-bond donors (Lipinski definition) is 2. The van der Waals surface area contributed by atoms with Crippen molar-refractivity contribution in [2.45, 2.75) is 69.5 Å². The number of carbonyl (C=O) groups is 1. The fourth-order valence-electron chi connectivity index (χ4n) is 5.66. The largest absolute Gasteiger partial charge is 0.338 e. The molecule has 38 heavy (non-hydrogen) atoms. The maximum Gasteiger partial charge on any atom is 0.261 e. The number of amides is 1. The lowest BCUT2D eigenvalue weighted by atomic mass is 9.78. The van der Waals surface area contributed by atoms with Crippen LogP contribution in [0.3, 0.4) is 0 Å². The van der Waals surface area contributed by atoms with Crippen molar-refractivity contribution in [3.8, 4) is 6.07 Å². The monoisotopic (exact) mass is 526 g/mol. The molecule has 0 spiro atoms. The molecule has 2 aromatic heterocycles. The highest BCUT2D eigenvalue weighted by Crippen LogP contribution is 2.42. The summed E-state index contributed by atoms with van der Waals surface area (Å²) >= 11 is 0. The van der Waals surface area contributed by atoms with Crippen molar-refractivity contribution in [3.63, 3.8) is 0 Å². The highest BCUT2D eigenvalue weighted by atomic mass is 19.3. The quantitative estimate of drug-likeness (QED) is 0.477. The number of pyridine rings is 1. The number of anilines is 2. The van der Waals surface area contributed by atoms with Crippen LogP contribution in [0, 0.1) is 18.3 Å². The topological polar surface area (TPSA) is 107 Å². The van der Waals surface area contributed by atoms with E-state index in [-0.39, 0.29) is 49.5 Å². The summed E-state index contributed by atoms with van der Waals surface area (Å²) in [4.78, 5) is 29.9. The number of nitrogens with one attached hydrogen (secondary N) is 2. The van der Waals surface area contributed by atoms with Gasteiger partial charge in [0, 0.05) is 43.4 Å². The summed E-state index contributed by atoms with van der Waals surface area (Å²) in [5.74, 6) is -2.83. The molecule has 8 nitrogen and oxygen atoms in total. The zero-order chi connectivity index (χ0) is 27.1. The van der Waals surface area contributed by atoms with Gasteiger partial charge >= 0.3 is 0 Å². The SMILES string of the molecule is Cc1cc(Nc2nn(C3(CC#N)CCCCC3F)c3cc[nH]c(=O)c23)ccc1C(=O)N1CCC(F)(F)CC1. The number of rotatable bonds is 5. The smallest absolute Gasteiger partial charge is 0.261 e. The average molecular weight is 527 g/mol. The predicted molar refractivity (Wildman–Crippen MR) is 136 cm³/mol. The fraction of sp³-hybridized carbons (Fsp3) is 0.481. The van der Waals surface area contributed by atoms with Crippen LogP contribution in [0.1, 0.15) is 60.9 Å². The number of alkyl halides is 3. The lowest BCUT2D eigenvalue weighted by Gasteiger charge is -2.39. The first-order valence-electron chi connectivity index (χ1n) is 12.8. The van der Waals surface area contributed by atoms with Crippen LogP contribution in [0.5, 0.6) is 0 Å². The molecule has 3 aromatic rings. The highest BCUT2D eigenvalue weighted by Gasteiger charge is 2.45. The lowest BCUT2D eigenvalue weighted by molar-refractivity contribution is -0.0494. The van der Waals surface area contributed by atoms with Crippen molar-refractivity contribution < 1.29 is 18.0 Å². The molecular formula is C27H29F3N6O2. The number of nitrogens with zero attached hydrogens (tertiary/aromatic N) is 4. The number of nitriles is 1. The zero-order valence-electron chi connectivity index (χ0n) is 21.1. The van der Waals surface area contributed by atoms with E-state index in [9.17, 15) is 23.6 Å². The van der Waals surface area contributed by atoms with E-state index in [1.54, 1.807) is 31.2 Å². The van der Waals surface area contributed by atoms with Crippen molar-refractivity contribution in [2.24, 2.45) is 0 Å².